The van der Waals surface area contributed by atoms with Gasteiger partial charge in [-0.25, -0.2) is 8.78 Å². The molecular weight excluding hydrogens is 222 g/mol. The van der Waals surface area contributed by atoms with Crippen LogP contribution in [0.1, 0.15) is 18.0 Å². The van der Waals surface area contributed by atoms with E-state index in [0.717, 1.165) is 25.1 Å². The summed E-state index contributed by atoms with van der Waals surface area (Å²) in [5.74, 6) is -1.08. The molecule has 0 aliphatic carbocycles. The van der Waals surface area contributed by atoms with E-state index in [1.54, 1.807) is 6.07 Å². The molecule has 1 N–H and O–H groups in total. The molecule has 1 aromatic rings. The zero-order chi connectivity index (χ0) is 12.4. The maximum Gasteiger partial charge on any atom is 0.159 e. The molecule has 1 aromatic carbocycles. The van der Waals surface area contributed by atoms with Crippen LogP contribution >= 0.6 is 0 Å². The van der Waals surface area contributed by atoms with Gasteiger partial charge in [0, 0.05) is 6.04 Å². The fourth-order valence-electron chi connectivity index (χ4n) is 2.73. The van der Waals surface area contributed by atoms with Crippen molar-refractivity contribution in [2.75, 3.05) is 27.2 Å². The second kappa shape index (κ2) is 5.10. The third-order valence-electron chi connectivity index (χ3n) is 3.53. The lowest BCUT2D eigenvalue weighted by Gasteiger charge is -2.25. The summed E-state index contributed by atoms with van der Waals surface area (Å²) in [5, 5.41) is 3.16. The molecule has 94 valence electrons. The Balaban J connectivity index is 2.26. The zero-order valence-electron chi connectivity index (χ0n) is 10.2. The van der Waals surface area contributed by atoms with E-state index in [4.69, 9.17) is 0 Å². The first kappa shape index (κ1) is 12.5. The Morgan fingerprint density at radius 1 is 1.35 bits per heavy atom. The van der Waals surface area contributed by atoms with E-state index < -0.39 is 11.6 Å². The molecule has 2 unspecified atom stereocenters. The molecule has 1 aliphatic rings. The van der Waals surface area contributed by atoms with Crippen molar-refractivity contribution in [2.45, 2.75) is 12.5 Å². The highest BCUT2D eigenvalue weighted by Crippen LogP contribution is 2.35. The number of hydrogen-bond donors (Lipinski definition) is 1. The van der Waals surface area contributed by atoms with Gasteiger partial charge in [-0.3, -0.25) is 4.90 Å². The summed E-state index contributed by atoms with van der Waals surface area (Å²) in [5.41, 5.74) is 0.865. The first-order chi connectivity index (χ1) is 8.13. The van der Waals surface area contributed by atoms with E-state index in [2.05, 4.69) is 10.2 Å². The smallest absolute Gasteiger partial charge is 0.159 e. The van der Waals surface area contributed by atoms with E-state index in [0.29, 0.717) is 5.92 Å². The molecule has 0 bridgehead atoms. The van der Waals surface area contributed by atoms with Crippen molar-refractivity contribution < 1.29 is 8.78 Å². The molecule has 4 heteroatoms. The van der Waals surface area contributed by atoms with Crippen LogP contribution in [-0.4, -0.2) is 32.1 Å². The van der Waals surface area contributed by atoms with Gasteiger partial charge in [0.2, 0.25) is 0 Å². The van der Waals surface area contributed by atoms with Crippen LogP contribution in [0.4, 0.5) is 8.78 Å². The number of halogens is 2. The molecule has 0 aromatic heterocycles. The van der Waals surface area contributed by atoms with Crippen LogP contribution in [-0.2, 0) is 0 Å². The summed E-state index contributed by atoms with van der Waals surface area (Å²) in [6, 6.07) is 4.41. The van der Waals surface area contributed by atoms with Gasteiger partial charge in [0.1, 0.15) is 0 Å². The van der Waals surface area contributed by atoms with Crippen LogP contribution in [0.2, 0.25) is 0 Å². The Labute approximate surface area is 101 Å². The van der Waals surface area contributed by atoms with Gasteiger partial charge in [0.15, 0.2) is 11.6 Å². The van der Waals surface area contributed by atoms with Crippen LogP contribution < -0.4 is 5.32 Å². The number of benzene rings is 1. The maximum atomic E-state index is 13.3. The van der Waals surface area contributed by atoms with Crippen LogP contribution in [0.15, 0.2) is 18.2 Å². The van der Waals surface area contributed by atoms with Crippen molar-refractivity contribution >= 4 is 0 Å². The number of rotatable bonds is 3. The molecule has 0 spiro atoms. The van der Waals surface area contributed by atoms with Crippen LogP contribution in [0.25, 0.3) is 0 Å². The minimum Gasteiger partial charge on any atom is -0.319 e. The molecule has 1 aliphatic heterocycles. The van der Waals surface area contributed by atoms with Crippen LogP contribution in [0, 0.1) is 17.6 Å². The Kier molecular flexibility index (Phi) is 3.74. The zero-order valence-corrected chi connectivity index (χ0v) is 10.2. The van der Waals surface area contributed by atoms with Gasteiger partial charge in [-0.1, -0.05) is 6.07 Å². The molecular formula is C13H18F2N2. The molecule has 17 heavy (non-hydrogen) atoms. The highest BCUT2D eigenvalue weighted by Gasteiger charge is 2.32. The summed E-state index contributed by atoms with van der Waals surface area (Å²) in [6.45, 7) is 1.89. The third kappa shape index (κ3) is 2.48. The fourth-order valence-corrected chi connectivity index (χ4v) is 2.73. The average Bonchev–Trinajstić information content (AvgIpc) is 2.65. The Bertz CT molecular complexity index is 393. The highest BCUT2D eigenvalue weighted by molar-refractivity contribution is 5.23. The monoisotopic (exact) mass is 240 g/mol. The quantitative estimate of drug-likeness (QED) is 0.871. The van der Waals surface area contributed by atoms with Crippen LogP contribution in [0.5, 0.6) is 0 Å². The summed E-state index contributed by atoms with van der Waals surface area (Å²) >= 11 is 0. The predicted octanol–water partition coefficient (Wildman–Crippen LogP) is 2.18. The lowest BCUT2D eigenvalue weighted by atomic mass is 9.93. The minimum absolute atomic E-state index is 0.178. The Morgan fingerprint density at radius 2 is 2.12 bits per heavy atom. The topological polar surface area (TPSA) is 15.3 Å². The standard InChI is InChI=1S/C13H18F2N2/c1-16-8-10-5-6-17(2)13(10)9-3-4-11(14)12(15)7-9/h3-4,7,10,13,16H,5-6,8H2,1-2H3. The van der Waals surface area contributed by atoms with E-state index in [-0.39, 0.29) is 6.04 Å². The summed E-state index contributed by atoms with van der Waals surface area (Å²) in [4.78, 5) is 2.20. The van der Waals surface area contributed by atoms with Crippen molar-refractivity contribution in [1.29, 1.82) is 0 Å². The lowest BCUT2D eigenvalue weighted by molar-refractivity contribution is 0.273. The molecule has 1 heterocycles. The van der Waals surface area contributed by atoms with Crippen molar-refractivity contribution in [3.63, 3.8) is 0 Å². The molecule has 1 saturated heterocycles. The first-order valence-electron chi connectivity index (χ1n) is 5.93. The number of likely N-dealkylation sites (tertiary alicyclic amines) is 1. The van der Waals surface area contributed by atoms with Gasteiger partial charge in [0.05, 0.1) is 0 Å². The second-order valence-corrected chi connectivity index (χ2v) is 4.71. The fraction of sp³-hybridized carbons (Fsp3) is 0.538. The number of hydrogen-bond acceptors (Lipinski definition) is 2. The van der Waals surface area contributed by atoms with Crippen molar-refractivity contribution in [2.24, 2.45) is 5.92 Å². The van der Waals surface area contributed by atoms with Gasteiger partial charge < -0.3 is 5.32 Å². The van der Waals surface area contributed by atoms with Crippen molar-refractivity contribution in [3.05, 3.63) is 35.4 Å². The van der Waals surface area contributed by atoms with E-state index >= 15 is 0 Å². The SMILES string of the molecule is CNCC1CCN(C)C1c1ccc(F)c(F)c1. The van der Waals surface area contributed by atoms with Crippen molar-refractivity contribution in [1.82, 2.24) is 10.2 Å². The maximum absolute atomic E-state index is 13.3. The largest absolute Gasteiger partial charge is 0.319 e. The summed E-state index contributed by atoms with van der Waals surface area (Å²) < 4.78 is 26.2. The van der Waals surface area contributed by atoms with Gasteiger partial charge in [-0.2, -0.15) is 0 Å². The molecule has 2 rings (SSSR count). The Hall–Kier alpha value is -1.00. The van der Waals surface area contributed by atoms with E-state index in [9.17, 15) is 8.78 Å². The van der Waals surface area contributed by atoms with Gasteiger partial charge >= 0.3 is 0 Å². The van der Waals surface area contributed by atoms with Gasteiger partial charge in [-0.15, -0.1) is 0 Å². The highest BCUT2D eigenvalue weighted by atomic mass is 19.2. The predicted molar refractivity (Wildman–Crippen MR) is 63.8 cm³/mol. The second-order valence-electron chi connectivity index (χ2n) is 4.71. The minimum atomic E-state index is -0.778. The molecule has 2 atom stereocenters. The lowest BCUT2D eigenvalue weighted by Crippen LogP contribution is -2.26. The molecule has 1 fully saturated rings. The van der Waals surface area contributed by atoms with E-state index in [1.165, 1.54) is 12.1 Å². The van der Waals surface area contributed by atoms with Gasteiger partial charge in [0.25, 0.3) is 0 Å². The molecule has 2 nitrogen and oxygen atoms in total. The van der Waals surface area contributed by atoms with Gasteiger partial charge in [-0.05, 0) is 57.2 Å². The van der Waals surface area contributed by atoms with Crippen molar-refractivity contribution in [3.8, 4) is 0 Å². The summed E-state index contributed by atoms with van der Waals surface area (Å²) in [6.07, 6.45) is 1.08. The summed E-state index contributed by atoms with van der Waals surface area (Å²) in [7, 11) is 3.95. The Morgan fingerprint density at radius 3 is 2.76 bits per heavy atom. The number of nitrogens with one attached hydrogen (secondary N) is 1. The average molecular weight is 240 g/mol. The first-order valence-corrected chi connectivity index (χ1v) is 5.93. The van der Waals surface area contributed by atoms with E-state index in [1.807, 2.05) is 14.1 Å². The molecule has 0 saturated carbocycles. The third-order valence-corrected chi connectivity index (χ3v) is 3.53. The normalized spacial score (nSPS) is 25.4. The molecule has 0 radical (unpaired) electrons. The van der Waals surface area contributed by atoms with Crippen LogP contribution in [0.3, 0.4) is 0 Å². The number of nitrogens with zero attached hydrogens (tertiary/aromatic N) is 1. The molecule has 0 amide bonds.